The van der Waals surface area contributed by atoms with Crippen LogP contribution in [-0.4, -0.2) is 24.1 Å². The van der Waals surface area contributed by atoms with E-state index in [1.54, 1.807) is 19.3 Å². The van der Waals surface area contributed by atoms with Crippen LogP contribution in [0.15, 0.2) is 92.7 Å². The molecule has 0 fully saturated rings. The van der Waals surface area contributed by atoms with Gasteiger partial charge >= 0.3 is 5.69 Å². The highest BCUT2D eigenvalue weighted by Gasteiger charge is 2.22. The third-order valence-corrected chi connectivity index (χ3v) is 6.68. The van der Waals surface area contributed by atoms with Gasteiger partial charge in [-0.15, -0.1) is 0 Å². The predicted molar refractivity (Wildman–Crippen MR) is 150 cm³/mol. The Bertz CT molecular complexity index is 1490. The van der Waals surface area contributed by atoms with Crippen LogP contribution in [-0.2, 0) is 19.6 Å². The monoisotopic (exact) mass is 514 g/mol. The van der Waals surface area contributed by atoms with E-state index in [1.165, 1.54) is 20.9 Å². The lowest BCUT2D eigenvalue weighted by Crippen LogP contribution is -2.44. The van der Waals surface area contributed by atoms with Crippen LogP contribution in [0.5, 0.6) is 0 Å². The third-order valence-electron chi connectivity index (χ3n) is 5.70. The van der Waals surface area contributed by atoms with Crippen LogP contribution in [0, 0.1) is 5.92 Å². The average Bonchev–Trinajstić information content (AvgIpc) is 2.91. The van der Waals surface area contributed by atoms with Crippen molar-refractivity contribution in [3.63, 3.8) is 0 Å². The van der Waals surface area contributed by atoms with Crippen LogP contribution in [0.4, 0.5) is 5.82 Å². The number of nitrogens with zero attached hydrogens (tertiary/aromatic N) is 5. The summed E-state index contributed by atoms with van der Waals surface area (Å²) in [7, 11) is 0. The first-order valence-corrected chi connectivity index (χ1v) is 13.0. The van der Waals surface area contributed by atoms with E-state index < -0.39 is 11.2 Å². The Morgan fingerprint density at radius 1 is 0.973 bits per heavy atom. The summed E-state index contributed by atoms with van der Waals surface area (Å²) >= 11 is 1.26. The number of hydrogen-bond donors (Lipinski definition) is 1. The largest absolute Gasteiger partial charge is 0.384 e. The lowest BCUT2D eigenvalue weighted by molar-refractivity contribution is 0.484. The lowest BCUT2D eigenvalue weighted by atomic mass is 10.1. The first-order chi connectivity index (χ1) is 17.9. The van der Waals surface area contributed by atoms with Gasteiger partial charge in [-0.25, -0.2) is 9.78 Å². The quantitative estimate of drug-likeness (QED) is 0.211. The molecular formula is C28H30N6O2S. The molecule has 37 heavy (non-hydrogen) atoms. The molecule has 2 N–H and O–H groups in total. The summed E-state index contributed by atoms with van der Waals surface area (Å²) in [6, 6.07) is 19.3. The van der Waals surface area contributed by atoms with Crippen molar-refractivity contribution in [1.29, 1.82) is 0 Å². The van der Waals surface area contributed by atoms with E-state index >= 15 is 0 Å². The number of nitrogen functional groups attached to an aromatic ring is 1. The zero-order chi connectivity index (χ0) is 26.4. The number of nitrogens with two attached hydrogens (primary N) is 1. The van der Waals surface area contributed by atoms with E-state index in [2.05, 4.69) is 9.97 Å². The van der Waals surface area contributed by atoms with Gasteiger partial charge in [-0.2, -0.15) is 0 Å². The fourth-order valence-corrected chi connectivity index (χ4v) is 4.76. The first kappa shape index (κ1) is 26.1. The topological polar surface area (TPSA) is 108 Å². The summed E-state index contributed by atoms with van der Waals surface area (Å²) < 4.78 is 2.69. The summed E-state index contributed by atoms with van der Waals surface area (Å²) in [5.74, 6) is 0.290. The van der Waals surface area contributed by atoms with Crippen LogP contribution in [0.3, 0.4) is 0 Å². The van der Waals surface area contributed by atoms with Crippen molar-refractivity contribution in [2.45, 2.75) is 45.4 Å². The minimum Gasteiger partial charge on any atom is -0.384 e. The van der Waals surface area contributed by atoms with Crippen molar-refractivity contribution in [2.24, 2.45) is 10.9 Å². The van der Waals surface area contributed by atoms with Gasteiger partial charge in [-0.05, 0) is 54.4 Å². The van der Waals surface area contributed by atoms with Crippen molar-refractivity contribution < 1.29 is 0 Å². The normalized spacial score (nSPS) is 11.7. The fraction of sp³-hybridized carbons (Fsp3) is 0.250. The minimum absolute atomic E-state index is 0.126. The minimum atomic E-state index is -0.447. The Morgan fingerprint density at radius 2 is 1.68 bits per heavy atom. The second kappa shape index (κ2) is 11.8. The van der Waals surface area contributed by atoms with E-state index in [0.29, 0.717) is 23.2 Å². The first-order valence-electron chi connectivity index (χ1n) is 12.2. The zero-order valence-corrected chi connectivity index (χ0v) is 22.0. The number of hydrogen-bond acceptors (Lipinski definition) is 7. The molecule has 4 rings (SSSR count). The Labute approximate surface area is 220 Å². The molecule has 0 atom stereocenters. The van der Waals surface area contributed by atoms with E-state index in [1.807, 2.05) is 74.5 Å². The van der Waals surface area contributed by atoms with Crippen LogP contribution in [0.25, 0.3) is 11.3 Å². The van der Waals surface area contributed by atoms with Gasteiger partial charge in [0.05, 0.1) is 12.2 Å². The van der Waals surface area contributed by atoms with Crippen molar-refractivity contribution in [1.82, 2.24) is 19.1 Å². The van der Waals surface area contributed by atoms with E-state index in [0.717, 1.165) is 16.8 Å². The molecule has 4 aromatic rings. The van der Waals surface area contributed by atoms with Crippen molar-refractivity contribution in [3.05, 3.63) is 105 Å². The van der Waals surface area contributed by atoms with Gasteiger partial charge in [0.25, 0.3) is 5.56 Å². The predicted octanol–water partition coefficient (Wildman–Crippen LogP) is 4.46. The van der Waals surface area contributed by atoms with Crippen LogP contribution < -0.4 is 17.0 Å². The number of thioether (sulfide) groups is 1. The molecule has 0 spiro atoms. The van der Waals surface area contributed by atoms with Gasteiger partial charge in [0.15, 0.2) is 0 Å². The van der Waals surface area contributed by atoms with Crippen molar-refractivity contribution in [2.75, 3.05) is 5.73 Å². The van der Waals surface area contributed by atoms with E-state index in [-0.39, 0.29) is 23.8 Å². The maximum Gasteiger partial charge on any atom is 0.332 e. The Morgan fingerprint density at radius 3 is 2.27 bits per heavy atom. The summed E-state index contributed by atoms with van der Waals surface area (Å²) in [5, 5.41) is 1.10. The van der Waals surface area contributed by atoms with Crippen molar-refractivity contribution >= 4 is 22.6 Å². The van der Waals surface area contributed by atoms with Gasteiger partial charge in [0.2, 0.25) is 0 Å². The number of pyridine rings is 2. The molecule has 0 bridgehead atoms. The number of aromatic nitrogens is 4. The SMILES string of the molecule is CCn1c(=O)c(C(=NCc2ccc(-c3ccccn3)cc2)Sc2ccccn2)c(N)n(CC(C)C)c1=O. The number of benzene rings is 1. The van der Waals surface area contributed by atoms with Crippen LogP contribution >= 0.6 is 11.8 Å². The van der Waals surface area contributed by atoms with Crippen molar-refractivity contribution in [3.8, 4) is 11.3 Å². The van der Waals surface area contributed by atoms with Gasteiger partial charge in [-0.3, -0.25) is 23.9 Å². The molecule has 0 radical (unpaired) electrons. The average molecular weight is 515 g/mol. The molecule has 190 valence electrons. The van der Waals surface area contributed by atoms with Gasteiger partial charge in [0.1, 0.15) is 21.5 Å². The highest BCUT2D eigenvalue weighted by molar-refractivity contribution is 8.14. The number of aliphatic imine (C=N–C) groups is 1. The van der Waals surface area contributed by atoms with Gasteiger partial charge < -0.3 is 5.73 Å². The number of rotatable bonds is 8. The summed E-state index contributed by atoms with van der Waals surface area (Å²) in [4.78, 5) is 40.1. The Kier molecular flexibility index (Phi) is 8.35. The summed E-state index contributed by atoms with van der Waals surface area (Å²) in [5.41, 5.74) is 8.72. The van der Waals surface area contributed by atoms with E-state index in [9.17, 15) is 9.59 Å². The maximum atomic E-state index is 13.5. The lowest BCUT2D eigenvalue weighted by Gasteiger charge is -2.18. The highest BCUT2D eigenvalue weighted by atomic mass is 32.2. The van der Waals surface area contributed by atoms with Crippen LogP contribution in [0.2, 0.25) is 0 Å². The van der Waals surface area contributed by atoms with Gasteiger partial charge in [-0.1, -0.05) is 50.2 Å². The third kappa shape index (κ3) is 6.06. The molecule has 8 nitrogen and oxygen atoms in total. The summed E-state index contributed by atoms with van der Waals surface area (Å²) in [6.45, 7) is 6.73. The molecule has 0 aliphatic carbocycles. The number of anilines is 1. The maximum absolute atomic E-state index is 13.5. The molecule has 0 unspecified atom stereocenters. The van der Waals surface area contributed by atoms with E-state index in [4.69, 9.17) is 10.7 Å². The molecule has 9 heteroatoms. The molecular weight excluding hydrogens is 484 g/mol. The van der Waals surface area contributed by atoms with Crippen LogP contribution in [0.1, 0.15) is 31.9 Å². The molecule has 0 aliphatic heterocycles. The zero-order valence-electron chi connectivity index (χ0n) is 21.2. The molecule has 0 saturated heterocycles. The standard InChI is InChI=1S/C28H30N6O2S/c1-4-33-27(35)24(25(29)34(28(33)36)18-19(2)3)26(37-23-10-6-8-16-31-23)32-17-20-11-13-21(14-12-20)22-9-5-7-15-30-22/h5-16,19H,4,17-18,29H2,1-3H3. The second-order valence-corrected chi connectivity index (χ2v) is 9.91. The molecule has 0 amide bonds. The molecule has 3 heterocycles. The fourth-order valence-electron chi connectivity index (χ4n) is 3.88. The molecule has 1 aromatic carbocycles. The Hall–Kier alpha value is -3.98. The Balaban J connectivity index is 1.78. The highest BCUT2D eigenvalue weighted by Crippen LogP contribution is 2.24. The molecule has 3 aromatic heterocycles. The second-order valence-electron chi connectivity index (χ2n) is 8.90. The smallest absolute Gasteiger partial charge is 0.332 e. The molecule has 0 aliphatic rings. The summed E-state index contributed by atoms with van der Waals surface area (Å²) in [6.07, 6.45) is 3.45. The van der Waals surface area contributed by atoms with Gasteiger partial charge in [0, 0.05) is 31.0 Å². The molecule has 0 saturated carbocycles.